The van der Waals surface area contributed by atoms with E-state index in [9.17, 15) is 9.18 Å². The van der Waals surface area contributed by atoms with Crippen LogP contribution in [0.1, 0.15) is 19.4 Å². The molecule has 1 heterocycles. The summed E-state index contributed by atoms with van der Waals surface area (Å²) >= 11 is 7.42. The van der Waals surface area contributed by atoms with Crippen molar-refractivity contribution in [2.24, 2.45) is 10.7 Å². The number of ether oxygens (including phenoxy) is 1. The Kier molecular flexibility index (Phi) is 6.01. The summed E-state index contributed by atoms with van der Waals surface area (Å²) in [6.07, 6.45) is 0. The van der Waals surface area contributed by atoms with Crippen molar-refractivity contribution in [1.82, 2.24) is 4.37 Å². The highest BCUT2D eigenvalue weighted by atomic mass is 35.5. The van der Waals surface area contributed by atoms with Crippen molar-refractivity contribution in [1.29, 1.82) is 0 Å². The molecule has 9 heteroatoms. The normalized spacial score (nSPS) is 11.7. The number of aromatic nitrogens is 1. The van der Waals surface area contributed by atoms with Crippen LogP contribution < -0.4 is 21.3 Å². The highest BCUT2D eigenvalue weighted by Crippen LogP contribution is 2.33. The van der Waals surface area contributed by atoms with Crippen LogP contribution in [0.15, 0.2) is 52.3 Å². The summed E-state index contributed by atoms with van der Waals surface area (Å²) in [5.41, 5.74) is 6.60. The number of nitrogens with zero attached hydrogens (tertiary/aromatic N) is 1. The van der Waals surface area contributed by atoms with Crippen LogP contribution in [0.2, 0.25) is 5.02 Å². The lowest BCUT2D eigenvalue weighted by molar-refractivity contribution is 0.481. The molecule has 3 rings (SSSR count). The number of nitrogens with two attached hydrogens (primary N) is 1. The smallest absolute Gasteiger partial charge is 0.271 e. The number of nitrogens with one attached hydrogen (secondary N) is 2. The van der Waals surface area contributed by atoms with Gasteiger partial charge < -0.3 is 15.8 Å². The SMILES string of the molecule is CC(C)N=C(N)c1c(Nc2ccc(Oc3ccc(F)cc3)c(Cl)c2)s[nH]c1=O. The lowest BCUT2D eigenvalue weighted by Crippen LogP contribution is -2.23. The molecule has 6 nitrogen and oxygen atoms in total. The topological polar surface area (TPSA) is 92.5 Å². The third-order valence-corrected chi connectivity index (χ3v) is 4.68. The molecule has 1 aromatic heterocycles. The van der Waals surface area contributed by atoms with Crippen LogP contribution in [0, 0.1) is 5.82 Å². The number of benzene rings is 2. The van der Waals surface area contributed by atoms with Crippen LogP contribution in [0.4, 0.5) is 15.1 Å². The van der Waals surface area contributed by atoms with Crippen molar-refractivity contribution in [2.75, 3.05) is 5.32 Å². The van der Waals surface area contributed by atoms with E-state index in [0.717, 1.165) is 11.5 Å². The van der Waals surface area contributed by atoms with Gasteiger partial charge in [-0.2, -0.15) is 0 Å². The van der Waals surface area contributed by atoms with Gasteiger partial charge in [0.25, 0.3) is 5.56 Å². The van der Waals surface area contributed by atoms with Gasteiger partial charge in [0.05, 0.1) is 5.02 Å². The van der Waals surface area contributed by atoms with Gasteiger partial charge in [-0.15, -0.1) is 0 Å². The lowest BCUT2D eigenvalue weighted by atomic mass is 10.2. The third kappa shape index (κ3) is 4.71. The fraction of sp³-hybridized carbons (Fsp3) is 0.158. The molecule has 2 aromatic carbocycles. The average molecular weight is 421 g/mol. The number of amidine groups is 1. The Hall–Kier alpha value is -2.84. The van der Waals surface area contributed by atoms with Crippen LogP contribution >= 0.6 is 23.1 Å². The molecular formula is C19H18ClFN4O2S. The van der Waals surface area contributed by atoms with Gasteiger partial charge in [0.1, 0.15) is 33.7 Å². The van der Waals surface area contributed by atoms with Crippen molar-refractivity contribution < 1.29 is 9.13 Å². The second kappa shape index (κ2) is 8.45. The van der Waals surface area contributed by atoms with Gasteiger partial charge in [-0.1, -0.05) is 11.6 Å². The average Bonchev–Trinajstić information content (AvgIpc) is 2.99. The zero-order valence-corrected chi connectivity index (χ0v) is 16.7. The molecule has 0 aliphatic rings. The van der Waals surface area contributed by atoms with Crippen molar-refractivity contribution in [2.45, 2.75) is 19.9 Å². The van der Waals surface area contributed by atoms with Crippen LogP contribution in [-0.4, -0.2) is 16.3 Å². The summed E-state index contributed by atoms with van der Waals surface area (Å²) in [6, 6.07) is 10.7. The molecule has 0 saturated heterocycles. The fourth-order valence-electron chi connectivity index (χ4n) is 2.39. The number of H-pyrrole nitrogens is 1. The molecule has 0 unspecified atom stereocenters. The summed E-state index contributed by atoms with van der Waals surface area (Å²) in [6.45, 7) is 3.75. The quantitative estimate of drug-likeness (QED) is 0.391. The molecule has 0 atom stereocenters. The Morgan fingerprint density at radius 3 is 2.64 bits per heavy atom. The van der Waals surface area contributed by atoms with Gasteiger partial charge in [-0.3, -0.25) is 14.2 Å². The van der Waals surface area contributed by atoms with E-state index in [2.05, 4.69) is 14.7 Å². The van der Waals surface area contributed by atoms with E-state index in [1.54, 1.807) is 18.2 Å². The lowest BCUT2D eigenvalue weighted by Gasteiger charge is -2.11. The number of hydrogen-bond acceptors (Lipinski definition) is 5. The number of hydrogen-bond donors (Lipinski definition) is 3. The van der Waals surface area contributed by atoms with Crippen LogP contribution in [0.25, 0.3) is 0 Å². The number of anilines is 2. The second-order valence-electron chi connectivity index (χ2n) is 6.17. The number of aromatic amines is 1. The third-order valence-electron chi connectivity index (χ3n) is 3.58. The molecule has 0 spiro atoms. The van der Waals surface area contributed by atoms with Gasteiger partial charge in [0.2, 0.25) is 0 Å². The molecule has 146 valence electrons. The van der Waals surface area contributed by atoms with Gasteiger partial charge in [-0.25, -0.2) is 4.39 Å². The van der Waals surface area contributed by atoms with Crippen molar-refractivity contribution in [3.8, 4) is 11.5 Å². The van der Waals surface area contributed by atoms with E-state index in [1.165, 1.54) is 24.3 Å². The minimum absolute atomic E-state index is 0.0375. The maximum Gasteiger partial charge on any atom is 0.271 e. The summed E-state index contributed by atoms with van der Waals surface area (Å²) < 4.78 is 21.3. The molecule has 0 saturated carbocycles. The maximum atomic E-state index is 13.0. The Bertz CT molecular complexity index is 1060. The first-order chi connectivity index (χ1) is 13.3. The van der Waals surface area contributed by atoms with Crippen LogP contribution in [0.5, 0.6) is 11.5 Å². The van der Waals surface area contributed by atoms with Crippen LogP contribution in [0.3, 0.4) is 0 Å². The Morgan fingerprint density at radius 1 is 1.29 bits per heavy atom. The maximum absolute atomic E-state index is 13.0. The molecule has 0 amide bonds. The number of halogens is 2. The van der Waals surface area contributed by atoms with Gasteiger partial charge >= 0.3 is 0 Å². The first kappa shape index (κ1) is 19.9. The highest BCUT2D eigenvalue weighted by Gasteiger charge is 2.16. The van der Waals surface area contributed by atoms with E-state index in [-0.39, 0.29) is 23.3 Å². The van der Waals surface area contributed by atoms with E-state index in [0.29, 0.717) is 32.8 Å². The number of aliphatic imine (C=N–C) groups is 1. The molecule has 4 N–H and O–H groups in total. The standard InChI is InChI=1S/C19H18ClFN4O2S/c1-10(2)23-17(22)16-18(26)25-28-19(16)24-12-5-8-15(14(20)9-12)27-13-6-3-11(21)4-7-13/h3-10,24H,1-2H3,(H2,22,23)(H,25,26). The molecule has 0 aliphatic heterocycles. The van der Waals surface area contributed by atoms with E-state index in [1.807, 2.05) is 13.8 Å². The molecule has 0 radical (unpaired) electrons. The fourth-order valence-corrected chi connectivity index (χ4v) is 3.37. The predicted octanol–water partition coefficient (Wildman–Crippen LogP) is 4.88. The van der Waals surface area contributed by atoms with Crippen molar-refractivity contribution in [3.05, 3.63) is 69.2 Å². The zero-order chi connectivity index (χ0) is 20.3. The summed E-state index contributed by atoms with van der Waals surface area (Å²) in [5.74, 6) is 0.706. The molecular weight excluding hydrogens is 403 g/mol. The molecule has 0 fully saturated rings. The highest BCUT2D eigenvalue weighted by molar-refractivity contribution is 7.10. The van der Waals surface area contributed by atoms with Crippen molar-refractivity contribution in [3.63, 3.8) is 0 Å². The summed E-state index contributed by atoms with van der Waals surface area (Å²) in [4.78, 5) is 16.3. The Balaban J connectivity index is 1.82. The Morgan fingerprint density at radius 2 is 2.00 bits per heavy atom. The van der Waals surface area contributed by atoms with Gasteiger partial charge in [-0.05, 0) is 67.8 Å². The zero-order valence-electron chi connectivity index (χ0n) is 15.1. The van der Waals surface area contributed by atoms with Crippen LogP contribution in [-0.2, 0) is 0 Å². The number of rotatable bonds is 6. The predicted molar refractivity (Wildman–Crippen MR) is 112 cm³/mol. The van der Waals surface area contributed by atoms with E-state index < -0.39 is 0 Å². The first-order valence-electron chi connectivity index (χ1n) is 8.38. The Labute approximate surface area is 170 Å². The molecule has 0 aliphatic carbocycles. The monoisotopic (exact) mass is 420 g/mol. The molecule has 0 bridgehead atoms. The molecule has 28 heavy (non-hydrogen) atoms. The summed E-state index contributed by atoms with van der Waals surface area (Å²) in [7, 11) is 0. The molecule has 3 aromatic rings. The second-order valence-corrected chi connectivity index (χ2v) is 7.40. The minimum atomic E-state index is -0.348. The van der Waals surface area contributed by atoms with Crippen molar-refractivity contribution >= 4 is 39.7 Å². The van der Waals surface area contributed by atoms with Gasteiger partial charge in [0, 0.05) is 11.7 Å². The van der Waals surface area contributed by atoms with E-state index >= 15 is 0 Å². The minimum Gasteiger partial charge on any atom is -0.456 e. The largest absolute Gasteiger partial charge is 0.456 e. The van der Waals surface area contributed by atoms with E-state index in [4.69, 9.17) is 22.1 Å². The van der Waals surface area contributed by atoms with Gasteiger partial charge in [0.15, 0.2) is 0 Å². The summed E-state index contributed by atoms with van der Waals surface area (Å²) in [5, 5.41) is 4.01. The first-order valence-corrected chi connectivity index (χ1v) is 9.58.